The summed E-state index contributed by atoms with van der Waals surface area (Å²) in [6.07, 6.45) is 3.39. The van der Waals surface area contributed by atoms with Crippen LogP contribution in [0.5, 0.6) is 0 Å². The Hall–Kier alpha value is -1.37. The molecule has 114 valence electrons. The van der Waals surface area contributed by atoms with E-state index < -0.39 is 7.60 Å². The Morgan fingerprint density at radius 1 is 1.36 bits per heavy atom. The summed E-state index contributed by atoms with van der Waals surface area (Å²) < 4.78 is 10.9. The van der Waals surface area contributed by atoms with Gasteiger partial charge in [0.1, 0.15) is 5.49 Å². The van der Waals surface area contributed by atoms with Crippen molar-refractivity contribution in [2.45, 2.75) is 5.16 Å². The Morgan fingerprint density at radius 2 is 2.18 bits per heavy atom. The Morgan fingerprint density at radius 3 is 2.86 bits per heavy atom. The number of rotatable bonds is 4. The summed E-state index contributed by atoms with van der Waals surface area (Å²) in [6.45, 7) is 0. The van der Waals surface area contributed by atoms with E-state index in [-0.39, 0.29) is 5.49 Å². The zero-order valence-corrected chi connectivity index (χ0v) is 13.6. The molecule has 1 aromatic carbocycles. The molecule has 0 unspecified atom stereocenters. The first-order chi connectivity index (χ1) is 10.4. The number of fused-ring (bicyclic) bond motifs is 1. The maximum absolute atomic E-state index is 10.9. The minimum atomic E-state index is -4.07. The molecule has 0 saturated heterocycles. The van der Waals surface area contributed by atoms with Crippen molar-refractivity contribution in [1.82, 2.24) is 15.0 Å². The molecule has 3 N–H and O–H groups in total. The number of nitrogens with one attached hydrogen (secondary N) is 1. The molecule has 3 aromatic rings. The van der Waals surface area contributed by atoms with E-state index in [1.165, 1.54) is 0 Å². The van der Waals surface area contributed by atoms with Crippen LogP contribution in [-0.2, 0) is 4.57 Å². The predicted octanol–water partition coefficient (Wildman–Crippen LogP) is 3.51. The van der Waals surface area contributed by atoms with E-state index >= 15 is 0 Å². The fraction of sp³-hybridized carbons (Fsp3) is 0.0769. The molecule has 0 fully saturated rings. The van der Waals surface area contributed by atoms with Crippen molar-refractivity contribution in [2.75, 3.05) is 5.49 Å². The van der Waals surface area contributed by atoms with Gasteiger partial charge in [-0.05, 0) is 18.2 Å². The number of H-pyrrole nitrogens is 1. The molecule has 22 heavy (non-hydrogen) atoms. The fourth-order valence-electron chi connectivity index (χ4n) is 1.96. The molecule has 9 heteroatoms. The van der Waals surface area contributed by atoms with Crippen LogP contribution in [0.25, 0.3) is 22.2 Å². The van der Waals surface area contributed by atoms with Crippen LogP contribution in [-0.4, -0.2) is 30.2 Å². The van der Waals surface area contributed by atoms with E-state index in [4.69, 9.17) is 21.4 Å². The normalized spacial score (nSPS) is 12.0. The summed E-state index contributed by atoms with van der Waals surface area (Å²) in [6, 6.07) is 7.29. The first-order valence-corrected chi connectivity index (χ1v) is 9.35. The van der Waals surface area contributed by atoms with Gasteiger partial charge < -0.3 is 14.8 Å². The van der Waals surface area contributed by atoms with E-state index in [0.29, 0.717) is 21.2 Å². The van der Waals surface area contributed by atoms with Gasteiger partial charge in [-0.25, -0.2) is 4.98 Å². The third kappa shape index (κ3) is 3.51. The highest BCUT2D eigenvalue weighted by Gasteiger charge is 2.16. The standard InChI is InChI=1S/C13H11ClN3O3PS/c14-10-5-12-11(4-9(10)8-2-1-3-15-6-8)16-13(17-12)22-7-21(18,19)20/h1-6H,7H2,(H,16,17)(H2,18,19,20). The third-order valence-corrected chi connectivity index (χ3v) is 5.53. The van der Waals surface area contributed by atoms with Crippen molar-refractivity contribution >= 4 is 42.0 Å². The molecule has 0 atom stereocenters. The van der Waals surface area contributed by atoms with Crippen molar-refractivity contribution in [3.63, 3.8) is 0 Å². The molecule has 0 spiro atoms. The van der Waals surface area contributed by atoms with Crippen molar-refractivity contribution < 1.29 is 14.4 Å². The van der Waals surface area contributed by atoms with Crippen LogP contribution in [0.2, 0.25) is 5.02 Å². The third-order valence-electron chi connectivity index (χ3n) is 2.89. The maximum atomic E-state index is 10.9. The molecular weight excluding hydrogens is 345 g/mol. The van der Waals surface area contributed by atoms with Crippen LogP contribution in [0, 0.1) is 0 Å². The number of nitrogens with zero attached hydrogens (tertiary/aromatic N) is 2. The molecule has 6 nitrogen and oxygen atoms in total. The Labute approximate surface area is 135 Å². The summed E-state index contributed by atoms with van der Waals surface area (Å²) >= 11 is 7.27. The molecule has 2 heterocycles. The Kier molecular flexibility index (Phi) is 4.25. The van der Waals surface area contributed by atoms with Crippen molar-refractivity contribution in [2.24, 2.45) is 0 Å². The van der Waals surface area contributed by atoms with Crippen LogP contribution in [0.1, 0.15) is 0 Å². The molecular formula is C13H11ClN3O3PS. The second kappa shape index (κ2) is 6.02. The number of pyridine rings is 1. The van der Waals surface area contributed by atoms with Gasteiger partial charge in [0.2, 0.25) is 0 Å². The number of thioether (sulfide) groups is 1. The Balaban J connectivity index is 1.98. The first-order valence-electron chi connectivity index (χ1n) is 6.19. The van der Waals surface area contributed by atoms with E-state index in [1.54, 1.807) is 18.5 Å². The van der Waals surface area contributed by atoms with E-state index in [0.717, 1.165) is 22.9 Å². The van der Waals surface area contributed by atoms with Crippen LogP contribution >= 0.6 is 31.0 Å². The lowest BCUT2D eigenvalue weighted by molar-refractivity contribution is 0.379. The molecule has 0 bridgehead atoms. The van der Waals surface area contributed by atoms with Crippen molar-refractivity contribution in [3.05, 3.63) is 41.7 Å². The minimum absolute atomic E-state index is 0.323. The highest BCUT2D eigenvalue weighted by Crippen LogP contribution is 2.41. The topological polar surface area (TPSA) is 99.1 Å². The van der Waals surface area contributed by atoms with Crippen LogP contribution in [0.4, 0.5) is 0 Å². The molecule has 2 aromatic heterocycles. The summed E-state index contributed by atoms with van der Waals surface area (Å²) in [7, 11) is -4.07. The van der Waals surface area contributed by atoms with Gasteiger partial charge in [-0.1, -0.05) is 29.4 Å². The number of benzene rings is 1. The predicted molar refractivity (Wildman–Crippen MR) is 87.1 cm³/mol. The van der Waals surface area contributed by atoms with E-state index in [9.17, 15) is 4.57 Å². The summed E-state index contributed by atoms with van der Waals surface area (Å²) in [5.41, 5.74) is 2.75. The van der Waals surface area contributed by atoms with Crippen LogP contribution < -0.4 is 0 Å². The monoisotopic (exact) mass is 355 g/mol. The second-order valence-corrected chi connectivity index (χ2v) is 8.02. The Bertz CT molecular complexity index is 866. The summed E-state index contributed by atoms with van der Waals surface area (Å²) in [5.74, 6) is 0. The largest absolute Gasteiger partial charge is 0.335 e. The number of aromatic nitrogens is 3. The number of aromatic amines is 1. The highest BCUT2D eigenvalue weighted by molar-refractivity contribution is 8.04. The van der Waals surface area contributed by atoms with Crippen molar-refractivity contribution in [3.8, 4) is 11.1 Å². The van der Waals surface area contributed by atoms with Gasteiger partial charge in [0.05, 0.1) is 16.1 Å². The van der Waals surface area contributed by atoms with Gasteiger partial charge >= 0.3 is 7.60 Å². The number of imidazole rings is 1. The lowest BCUT2D eigenvalue weighted by Gasteiger charge is -2.03. The molecule has 3 rings (SSSR count). The number of hydrogen-bond acceptors (Lipinski definition) is 4. The average Bonchev–Trinajstić information content (AvgIpc) is 2.86. The zero-order valence-electron chi connectivity index (χ0n) is 11.1. The summed E-state index contributed by atoms with van der Waals surface area (Å²) in [5, 5.41) is 0.994. The van der Waals surface area contributed by atoms with Crippen LogP contribution in [0.15, 0.2) is 41.8 Å². The smallest absolute Gasteiger partial charge is 0.333 e. The fourth-order valence-corrected chi connectivity index (χ4v) is 3.74. The first kappa shape index (κ1) is 15.5. The highest BCUT2D eigenvalue weighted by atomic mass is 35.5. The zero-order chi connectivity index (χ0) is 15.7. The molecule has 0 aliphatic rings. The van der Waals surface area contributed by atoms with Gasteiger partial charge in [0.15, 0.2) is 5.16 Å². The maximum Gasteiger partial charge on any atom is 0.335 e. The second-order valence-electron chi connectivity index (χ2n) is 4.57. The molecule has 0 amide bonds. The summed E-state index contributed by atoms with van der Waals surface area (Å²) in [4.78, 5) is 29.2. The molecule has 0 saturated carbocycles. The van der Waals surface area contributed by atoms with Crippen molar-refractivity contribution in [1.29, 1.82) is 0 Å². The average molecular weight is 356 g/mol. The van der Waals surface area contributed by atoms with E-state index in [2.05, 4.69) is 15.0 Å². The van der Waals surface area contributed by atoms with Gasteiger partial charge in [0, 0.05) is 23.5 Å². The quantitative estimate of drug-likeness (QED) is 0.489. The minimum Gasteiger partial charge on any atom is -0.333 e. The van der Waals surface area contributed by atoms with Gasteiger partial charge in [-0.3, -0.25) is 9.55 Å². The van der Waals surface area contributed by atoms with Crippen LogP contribution in [0.3, 0.4) is 0 Å². The molecule has 0 radical (unpaired) electrons. The number of hydrogen-bond donors (Lipinski definition) is 3. The number of halogens is 1. The lowest BCUT2D eigenvalue weighted by Crippen LogP contribution is -1.83. The lowest BCUT2D eigenvalue weighted by atomic mass is 10.1. The SMILES string of the molecule is O=P(O)(O)CSc1nc2cc(-c3cccnc3)c(Cl)cc2[nH]1. The van der Waals surface area contributed by atoms with Gasteiger partial charge in [-0.15, -0.1) is 0 Å². The molecule has 0 aliphatic heterocycles. The molecule has 0 aliphatic carbocycles. The van der Waals surface area contributed by atoms with Gasteiger partial charge in [0.25, 0.3) is 0 Å². The van der Waals surface area contributed by atoms with Gasteiger partial charge in [-0.2, -0.15) is 0 Å². The van der Waals surface area contributed by atoms with E-state index in [1.807, 2.05) is 18.2 Å².